The SMILES string of the molecule is [2H]C([2H])([2H])C([2H])([2H])Oc1ccccc1O[C@H](c1ccccc1)[C@@H](O)CO. The van der Waals surface area contributed by atoms with Crippen LogP contribution in [0.2, 0.25) is 0 Å². The summed E-state index contributed by atoms with van der Waals surface area (Å²) >= 11 is 0. The van der Waals surface area contributed by atoms with Gasteiger partial charge in [-0.15, -0.1) is 0 Å². The topological polar surface area (TPSA) is 58.9 Å². The van der Waals surface area contributed by atoms with Crippen molar-refractivity contribution >= 4 is 0 Å². The number of rotatable bonds is 7. The first-order valence-corrected chi connectivity index (χ1v) is 6.44. The molecule has 0 aliphatic rings. The van der Waals surface area contributed by atoms with Crippen molar-refractivity contribution in [3.8, 4) is 11.5 Å². The zero-order valence-corrected chi connectivity index (χ0v) is 11.3. The lowest BCUT2D eigenvalue weighted by Crippen LogP contribution is -2.27. The Morgan fingerprint density at radius 3 is 2.43 bits per heavy atom. The predicted molar refractivity (Wildman–Crippen MR) is 80.5 cm³/mol. The van der Waals surface area contributed by atoms with Crippen LogP contribution in [0, 0.1) is 0 Å². The molecule has 21 heavy (non-hydrogen) atoms. The average Bonchev–Trinajstić information content (AvgIpc) is 2.60. The van der Waals surface area contributed by atoms with Crippen molar-refractivity contribution in [2.75, 3.05) is 13.2 Å². The summed E-state index contributed by atoms with van der Waals surface area (Å²) in [5.74, 6) is -0.0818. The number of hydrogen-bond donors (Lipinski definition) is 2. The molecule has 0 saturated heterocycles. The van der Waals surface area contributed by atoms with Crippen LogP contribution in [0.25, 0.3) is 0 Å². The Labute approximate surface area is 131 Å². The summed E-state index contributed by atoms with van der Waals surface area (Å²) in [6.45, 7) is -6.48. The smallest absolute Gasteiger partial charge is 0.162 e. The summed E-state index contributed by atoms with van der Waals surface area (Å²) in [6.07, 6.45) is -2.20. The molecule has 0 heterocycles. The summed E-state index contributed by atoms with van der Waals surface area (Å²) in [4.78, 5) is 0. The fraction of sp³-hybridized carbons (Fsp3) is 0.294. The molecular weight excluding hydrogens is 268 g/mol. The Kier molecular flexibility index (Phi) is 3.58. The van der Waals surface area contributed by atoms with Crippen molar-refractivity contribution in [2.45, 2.75) is 19.1 Å². The molecular formula is C17H20O4. The molecule has 0 aliphatic heterocycles. The third kappa shape index (κ3) is 3.97. The number of hydrogen-bond acceptors (Lipinski definition) is 4. The first-order valence-electron chi connectivity index (χ1n) is 8.94. The fourth-order valence-corrected chi connectivity index (χ4v) is 1.93. The molecule has 0 aliphatic carbocycles. The molecule has 2 atom stereocenters. The van der Waals surface area contributed by atoms with Crippen molar-refractivity contribution in [1.29, 1.82) is 0 Å². The van der Waals surface area contributed by atoms with E-state index in [-0.39, 0.29) is 11.5 Å². The maximum atomic E-state index is 10.1. The summed E-state index contributed by atoms with van der Waals surface area (Å²) < 4.78 is 47.8. The Bertz CT molecular complexity index is 706. The van der Waals surface area contributed by atoms with E-state index in [2.05, 4.69) is 0 Å². The van der Waals surface area contributed by atoms with Crippen LogP contribution in [-0.4, -0.2) is 29.5 Å². The third-order valence-corrected chi connectivity index (χ3v) is 2.93. The second-order valence-electron chi connectivity index (χ2n) is 4.35. The van der Waals surface area contributed by atoms with E-state index in [1.165, 1.54) is 18.2 Å². The molecule has 2 rings (SSSR count). The maximum absolute atomic E-state index is 10.1. The van der Waals surface area contributed by atoms with Crippen molar-refractivity contribution in [3.05, 3.63) is 60.2 Å². The Morgan fingerprint density at radius 1 is 1.10 bits per heavy atom. The molecule has 4 heteroatoms. The first kappa shape index (κ1) is 9.82. The Balaban J connectivity index is 2.33. The molecule has 0 saturated carbocycles. The molecule has 2 aromatic rings. The number of ether oxygens (including phenoxy) is 2. The summed E-state index contributed by atoms with van der Waals surface area (Å²) in [7, 11) is 0. The highest BCUT2D eigenvalue weighted by Gasteiger charge is 2.23. The van der Waals surface area contributed by atoms with Crippen molar-refractivity contribution in [2.24, 2.45) is 0 Å². The van der Waals surface area contributed by atoms with Gasteiger partial charge in [-0.1, -0.05) is 42.5 Å². The van der Waals surface area contributed by atoms with Gasteiger partial charge in [0.15, 0.2) is 17.6 Å². The van der Waals surface area contributed by atoms with Crippen molar-refractivity contribution in [1.82, 2.24) is 0 Å². The van der Waals surface area contributed by atoms with E-state index in [1.54, 1.807) is 36.4 Å². The Morgan fingerprint density at radius 2 is 1.76 bits per heavy atom. The number of aliphatic hydroxyl groups excluding tert-OH is 2. The maximum Gasteiger partial charge on any atom is 0.162 e. The number of aliphatic hydroxyl groups is 2. The quantitative estimate of drug-likeness (QED) is 0.823. The van der Waals surface area contributed by atoms with E-state index in [4.69, 9.17) is 16.3 Å². The monoisotopic (exact) mass is 293 g/mol. The zero-order chi connectivity index (χ0) is 19.4. The Hall–Kier alpha value is -2.04. The molecule has 0 bridgehead atoms. The van der Waals surface area contributed by atoms with E-state index in [9.17, 15) is 10.2 Å². The molecule has 0 radical (unpaired) electrons. The average molecular weight is 293 g/mol. The van der Waals surface area contributed by atoms with E-state index in [0.717, 1.165) is 0 Å². The molecule has 0 aromatic heterocycles. The van der Waals surface area contributed by atoms with E-state index >= 15 is 0 Å². The van der Waals surface area contributed by atoms with Crippen LogP contribution in [0.1, 0.15) is 25.4 Å². The minimum absolute atomic E-state index is 0.0435. The van der Waals surface area contributed by atoms with Gasteiger partial charge < -0.3 is 19.7 Å². The van der Waals surface area contributed by atoms with Gasteiger partial charge in [-0.05, 0) is 24.5 Å². The van der Waals surface area contributed by atoms with Gasteiger partial charge in [0.1, 0.15) is 6.10 Å². The summed E-state index contributed by atoms with van der Waals surface area (Å²) in [6, 6.07) is 14.6. The van der Waals surface area contributed by atoms with Crippen LogP contribution in [0.4, 0.5) is 0 Å². The van der Waals surface area contributed by atoms with Crippen LogP contribution in [0.5, 0.6) is 11.5 Å². The molecule has 2 aromatic carbocycles. The van der Waals surface area contributed by atoms with Gasteiger partial charge in [-0.3, -0.25) is 0 Å². The molecule has 0 spiro atoms. The summed E-state index contributed by atoms with van der Waals surface area (Å²) in [5, 5.41) is 19.4. The fourth-order valence-electron chi connectivity index (χ4n) is 1.93. The van der Waals surface area contributed by atoms with E-state index in [1.807, 2.05) is 0 Å². The van der Waals surface area contributed by atoms with Crippen LogP contribution in [0.3, 0.4) is 0 Å². The standard InChI is InChI=1S/C17H20O4/c1-2-20-15-10-6-7-11-16(15)21-17(14(19)12-18)13-8-4-3-5-9-13/h3-11,14,17-19H,2,12H2,1H3/t14-,17+/m0/s1/i1D3,2D2. The molecule has 0 amide bonds. The number of para-hydroxylation sites is 2. The zero-order valence-electron chi connectivity index (χ0n) is 16.3. The minimum Gasteiger partial charge on any atom is -0.490 e. The van der Waals surface area contributed by atoms with Crippen LogP contribution < -0.4 is 9.47 Å². The molecule has 0 unspecified atom stereocenters. The second kappa shape index (κ2) is 7.67. The van der Waals surface area contributed by atoms with Gasteiger partial charge in [-0.2, -0.15) is 0 Å². The lowest BCUT2D eigenvalue weighted by atomic mass is 10.0. The van der Waals surface area contributed by atoms with Crippen molar-refractivity contribution in [3.63, 3.8) is 0 Å². The molecule has 4 nitrogen and oxygen atoms in total. The highest BCUT2D eigenvalue weighted by Crippen LogP contribution is 2.32. The van der Waals surface area contributed by atoms with Crippen LogP contribution in [0.15, 0.2) is 54.6 Å². The van der Waals surface area contributed by atoms with E-state index in [0.29, 0.717) is 5.56 Å². The minimum atomic E-state index is -3.00. The largest absolute Gasteiger partial charge is 0.490 e. The van der Waals surface area contributed by atoms with E-state index < -0.39 is 32.2 Å². The molecule has 0 fully saturated rings. The predicted octanol–water partition coefficient (Wildman–Crippen LogP) is 2.56. The third-order valence-electron chi connectivity index (χ3n) is 2.93. The normalized spacial score (nSPS) is 18.3. The van der Waals surface area contributed by atoms with Gasteiger partial charge in [0.25, 0.3) is 0 Å². The molecule has 2 N–H and O–H groups in total. The molecule has 112 valence electrons. The van der Waals surface area contributed by atoms with Gasteiger partial charge >= 0.3 is 0 Å². The lowest BCUT2D eigenvalue weighted by molar-refractivity contribution is -0.00305. The first-order chi connectivity index (χ1) is 12.2. The van der Waals surface area contributed by atoms with Gasteiger partial charge in [0.05, 0.1) is 15.9 Å². The van der Waals surface area contributed by atoms with Gasteiger partial charge in [0.2, 0.25) is 0 Å². The second-order valence-corrected chi connectivity index (χ2v) is 4.35. The van der Waals surface area contributed by atoms with Crippen molar-refractivity contribution < 1.29 is 26.5 Å². The van der Waals surface area contributed by atoms with Crippen LogP contribution >= 0.6 is 0 Å². The van der Waals surface area contributed by atoms with Gasteiger partial charge in [-0.25, -0.2) is 0 Å². The highest BCUT2D eigenvalue weighted by molar-refractivity contribution is 5.40. The summed E-state index contributed by atoms with van der Waals surface area (Å²) in [5.41, 5.74) is 0.586. The van der Waals surface area contributed by atoms with Gasteiger partial charge in [0, 0.05) is 4.11 Å². The highest BCUT2D eigenvalue weighted by atomic mass is 16.5. The van der Waals surface area contributed by atoms with Crippen LogP contribution in [-0.2, 0) is 0 Å². The lowest BCUT2D eigenvalue weighted by Gasteiger charge is -2.24. The number of benzene rings is 2.